The average Bonchev–Trinajstić information content (AvgIpc) is 2.90. The van der Waals surface area contributed by atoms with E-state index in [9.17, 15) is 32.9 Å². The number of carbonyl (C=O) groups excluding carboxylic acids is 1. The molecule has 0 aliphatic rings. The van der Waals surface area contributed by atoms with Crippen LogP contribution in [-0.4, -0.2) is 39.5 Å². The van der Waals surface area contributed by atoms with Gasteiger partial charge < -0.3 is 9.47 Å². The first-order valence-electron chi connectivity index (χ1n) is 11.9. The Hall–Kier alpha value is -4.59. The number of fused-ring (bicyclic) bond motifs is 1. The lowest BCUT2D eigenvalue weighted by atomic mass is 10.1. The summed E-state index contributed by atoms with van der Waals surface area (Å²) in [6, 6.07) is 13.0. The summed E-state index contributed by atoms with van der Waals surface area (Å²) in [5.74, 6) is -1.13. The maximum Gasteiger partial charge on any atom is 0.416 e. The molecule has 0 aliphatic heterocycles. The van der Waals surface area contributed by atoms with Gasteiger partial charge in [-0.1, -0.05) is 24.3 Å². The van der Waals surface area contributed by atoms with E-state index in [1.807, 2.05) is 0 Å². The molecule has 0 radical (unpaired) electrons. The Morgan fingerprint density at radius 3 is 2.59 bits per heavy atom. The van der Waals surface area contributed by atoms with Crippen molar-refractivity contribution in [2.45, 2.75) is 26.1 Å². The molecule has 41 heavy (non-hydrogen) atoms. The van der Waals surface area contributed by atoms with Crippen LogP contribution in [0.15, 0.2) is 75.0 Å². The molecule has 0 amide bonds. The summed E-state index contributed by atoms with van der Waals surface area (Å²) in [5, 5.41) is 16.1. The molecular formula is C27H20BrF3N4O6. The van der Waals surface area contributed by atoms with Crippen molar-refractivity contribution in [3.05, 3.63) is 96.7 Å². The van der Waals surface area contributed by atoms with Crippen molar-refractivity contribution >= 4 is 44.7 Å². The molecule has 1 aromatic heterocycles. The van der Waals surface area contributed by atoms with Gasteiger partial charge in [0.15, 0.2) is 12.4 Å². The van der Waals surface area contributed by atoms with Gasteiger partial charge in [0, 0.05) is 17.2 Å². The second-order valence-electron chi connectivity index (χ2n) is 8.83. The molecule has 212 valence electrons. The van der Waals surface area contributed by atoms with E-state index in [1.54, 1.807) is 26.0 Å². The van der Waals surface area contributed by atoms with Crippen LogP contribution in [-0.2, 0) is 15.7 Å². The third kappa shape index (κ3) is 6.77. The van der Waals surface area contributed by atoms with Crippen molar-refractivity contribution in [3.63, 3.8) is 0 Å². The Labute approximate surface area is 238 Å². The van der Waals surface area contributed by atoms with E-state index in [2.05, 4.69) is 26.0 Å². The Balaban J connectivity index is 1.80. The van der Waals surface area contributed by atoms with Gasteiger partial charge in [0.05, 0.1) is 38.2 Å². The number of nitro groups is 1. The normalized spacial score (nSPS) is 11.8. The van der Waals surface area contributed by atoms with Crippen LogP contribution in [0, 0.1) is 10.1 Å². The van der Waals surface area contributed by atoms with Gasteiger partial charge in [-0.3, -0.25) is 14.9 Å². The number of ether oxygens (including phenoxy) is 2. The molecule has 4 aromatic rings. The Kier molecular flexibility index (Phi) is 8.52. The van der Waals surface area contributed by atoms with Crippen LogP contribution < -0.4 is 10.3 Å². The van der Waals surface area contributed by atoms with Crippen LogP contribution in [0.2, 0.25) is 0 Å². The topological polar surface area (TPSA) is 126 Å². The largest absolute Gasteiger partial charge is 0.474 e. The summed E-state index contributed by atoms with van der Waals surface area (Å²) in [6.07, 6.45) is -3.93. The molecule has 0 saturated heterocycles. The minimum Gasteiger partial charge on any atom is -0.474 e. The summed E-state index contributed by atoms with van der Waals surface area (Å²) in [4.78, 5) is 40.6. The first-order valence-corrected chi connectivity index (χ1v) is 12.7. The first-order chi connectivity index (χ1) is 19.3. The highest BCUT2D eigenvalue weighted by molar-refractivity contribution is 9.10. The predicted molar refractivity (Wildman–Crippen MR) is 147 cm³/mol. The maximum absolute atomic E-state index is 13.4. The molecule has 0 saturated carbocycles. The fourth-order valence-electron chi connectivity index (χ4n) is 3.76. The number of esters is 1. The van der Waals surface area contributed by atoms with E-state index in [4.69, 9.17) is 9.47 Å². The number of benzene rings is 3. The maximum atomic E-state index is 13.4. The number of halogens is 4. The lowest BCUT2D eigenvalue weighted by Crippen LogP contribution is -2.20. The average molecular weight is 633 g/mol. The number of hydrogen-bond donors (Lipinski definition) is 0. The first kappa shape index (κ1) is 29.4. The van der Waals surface area contributed by atoms with Crippen LogP contribution in [0.3, 0.4) is 0 Å². The Bertz CT molecular complexity index is 1740. The van der Waals surface area contributed by atoms with Gasteiger partial charge in [-0.2, -0.15) is 22.9 Å². The third-order valence-corrected chi connectivity index (χ3v) is 6.06. The zero-order valence-electron chi connectivity index (χ0n) is 21.4. The fourth-order valence-corrected chi connectivity index (χ4v) is 4.34. The van der Waals surface area contributed by atoms with E-state index in [0.717, 1.165) is 29.1 Å². The molecule has 0 atom stereocenters. The number of alkyl halides is 3. The highest BCUT2D eigenvalue weighted by Crippen LogP contribution is 2.36. The summed E-state index contributed by atoms with van der Waals surface area (Å²) < 4.78 is 51.4. The van der Waals surface area contributed by atoms with Crippen LogP contribution in [0.4, 0.5) is 18.9 Å². The quantitative estimate of drug-likeness (QED) is 0.101. The number of rotatable bonds is 8. The van der Waals surface area contributed by atoms with Crippen LogP contribution >= 0.6 is 15.9 Å². The van der Waals surface area contributed by atoms with Gasteiger partial charge in [-0.15, -0.1) is 0 Å². The second-order valence-corrected chi connectivity index (χ2v) is 9.68. The zero-order valence-corrected chi connectivity index (χ0v) is 23.0. The van der Waals surface area contributed by atoms with E-state index >= 15 is 0 Å². The third-order valence-electron chi connectivity index (χ3n) is 5.47. The molecule has 1 heterocycles. The van der Waals surface area contributed by atoms with Crippen LogP contribution in [0.25, 0.3) is 22.3 Å². The van der Waals surface area contributed by atoms with Crippen LogP contribution in [0.5, 0.6) is 5.75 Å². The zero-order chi connectivity index (χ0) is 29.9. The highest BCUT2D eigenvalue weighted by atomic mass is 79.9. The van der Waals surface area contributed by atoms with E-state index in [-0.39, 0.29) is 38.1 Å². The standard InChI is InChI=1S/C27H20BrF3N4O6/c1-15(2)41-23(36)14-40-24-20(28)10-16(11-22(24)35(38)39)13-32-34-25(17-6-5-7-18(12-17)27(29,30)31)33-21-9-4-3-8-19(21)26(34)37/h3-13,15H,14H2,1-2H3. The minimum atomic E-state index is -4.64. The number of carbonyl (C=O) groups is 1. The lowest BCUT2D eigenvalue weighted by molar-refractivity contribution is -0.385. The van der Waals surface area contributed by atoms with Gasteiger partial charge in [-0.25, -0.2) is 9.78 Å². The fraction of sp³-hybridized carbons (Fsp3) is 0.185. The van der Waals surface area contributed by atoms with E-state index in [0.29, 0.717) is 0 Å². The van der Waals surface area contributed by atoms with Crippen molar-refractivity contribution in [3.8, 4) is 17.1 Å². The molecule has 10 nitrogen and oxygen atoms in total. The molecule has 0 N–H and O–H groups in total. The summed E-state index contributed by atoms with van der Waals surface area (Å²) in [5.41, 5.74) is -1.77. The highest BCUT2D eigenvalue weighted by Gasteiger charge is 2.31. The molecule has 0 spiro atoms. The number of hydrogen-bond acceptors (Lipinski definition) is 8. The number of nitro benzene ring substituents is 1. The molecule has 14 heteroatoms. The Morgan fingerprint density at radius 2 is 1.90 bits per heavy atom. The van der Waals surface area contributed by atoms with E-state index in [1.165, 1.54) is 30.3 Å². The molecular weight excluding hydrogens is 613 g/mol. The van der Waals surface area contributed by atoms with Gasteiger partial charge in [0.1, 0.15) is 0 Å². The predicted octanol–water partition coefficient (Wildman–Crippen LogP) is 5.97. The summed E-state index contributed by atoms with van der Waals surface area (Å²) in [7, 11) is 0. The molecule has 0 fully saturated rings. The number of nitrogens with zero attached hydrogens (tertiary/aromatic N) is 4. The molecule has 0 bridgehead atoms. The van der Waals surface area contributed by atoms with Crippen molar-refractivity contribution < 1.29 is 32.4 Å². The van der Waals surface area contributed by atoms with Crippen molar-refractivity contribution in [1.82, 2.24) is 9.66 Å². The van der Waals surface area contributed by atoms with Crippen molar-refractivity contribution in [2.75, 3.05) is 6.61 Å². The van der Waals surface area contributed by atoms with Crippen molar-refractivity contribution in [2.24, 2.45) is 5.10 Å². The Morgan fingerprint density at radius 1 is 1.17 bits per heavy atom. The van der Waals surface area contributed by atoms with Gasteiger partial charge in [0.2, 0.25) is 5.75 Å². The summed E-state index contributed by atoms with van der Waals surface area (Å²) >= 11 is 3.19. The molecule has 0 aliphatic carbocycles. The molecule has 3 aromatic carbocycles. The van der Waals surface area contributed by atoms with E-state index < -0.39 is 46.6 Å². The second kappa shape index (κ2) is 11.9. The molecule has 0 unspecified atom stereocenters. The van der Waals surface area contributed by atoms with Gasteiger partial charge in [0.25, 0.3) is 5.56 Å². The monoisotopic (exact) mass is 632 g/mol. The lowest BCUT2D eigenvalue weighted by Gasteiger charge is -2.12. The van der Waals surface area contributed by atoms with Crippen LogP contribution in [0.1, 0.15) is 25.0 Å². The molecule has 4 rings (SSSR count). The number of aromatic nitrogens is 2. The van der Waals surface area contributed by atoms with Crippen molar-refractivity contribution in [1.29, 1.82) is 0 Å². The van der Waals surface area contributed by atoms with Gasteiger partial charge >= 0.3 is 17.8 Å². The summed E-state index contributed by atoms with van der Waals surface area (Å²) in [6.45, 7) is 2.70. The smallest absolute Gasteiger partial charge is 0.416 e. The number of para-hydroxylation sites is 1. The SMILES string of the molecule is CC(C)OC(=O)COc1c(Br)cc(C=Nn2c(-c3cccc(C(F)(F)F)c3)nc3ccccc3c2=O)cc1[N+](=O)[O-]. The minimum absolute atomic E-state index is 0.0241. The van der Waals surface area contributed by atoms with Gasteiger partial charge in [-0.05, 0) is 60.1 Å².